The number of fused-ring (bicyclic) bond motifs is 5. The van der Waals surface area contributed by atoms with Crippen LogP contribution in [0.1, 0.15) is 122 Å². The Morgan fingerprint density at radius 2 is 1.62 bits per heavy atom. The number of hydrogen-bond acceptors (Lipinski definition) is 18. The number of aliphatic hydroxyl groups excluding tert-OH is 2. The number of esters is 2. The van der Waals surface area contributed by atoms with E-state index in [1.807, 2.05) is 6.92 Å². The first-order chi connectivity index (χ1) is 34.6. The average molecular weight is 1110 g/mol. The highest BCUT2D eigenvalue weighted by Crippen LogP contribution is 2.70. The number of aromatic amines is 1. The van der Waals surface area contributed by atoms with Crippen LogP contribution in [-0.2, 0) is 60.2 Å². The van der Waals surface area contributed by atoms with E-state index < -0.39 is 82.8 Å². The van der Waals surface area contributed by atoms with Crippen LogP contribution in [0, 0.1) is 34.5 Å². The molecule has 10 N–H and O–H groups in total. The maximum atomic E-state index is 12.9. The van der Waals surface area contributed by atoms with Gasteiger partial charge in [-0.25, -0.2) is 23.3 Å². The van der Waals surface area contributed by atoms with Gasteiger partial charge in [0.15, 0.2) is 0 Å². The second kappa shape index (κ2) is 23.1. The fraction of sp³-hybridized carbons (Fsp3) is 0.733. The fourth-order valence-electron chi connectivity index (χ4n) is 12.6. The third-order valence-corrected chi connectivity index (χ3v) is 20.1. The molecule has 2 aliphatic heterocycles. The standard InChI is InChI=1S/C45H67N4O22P3/c1-43-15-13-29(20-28(43)9-10-31-32(43)21-35(51)44(2)30(14-16-45(31,44)58)27-19-40(55)66-24-27)68-39(54)12-11-37(53)46-17-5-3-4-8-36(52)47-18-6-7-26-23-49(42(57)48-41(26)56)38-22-33(50)34(69-38)25-67-73(62,63)71-74(64,65)70-72(59,60)61/h6-7,19,23,28-35,38,50-51,58H,3-5,8-18,20-22,24-25H2,1-2H3,(H,46,53)(H,47,52)(H,62,63)(H,64,65)(H,48,56,57)(H2,59,60,61). The van der Waals surface area contributed by atoms with E-state index in [0.717, 1.165) is 35.6 Å². The predicted octanol–water partition coefficient (Wildman–Crippen LogP) is 2.25. The molecule has 4 aliphatic carbocycles. The number of aliphatic hydroxyl groups is 3. The third kappa shape index (κ3) is 13.3. The number of phosphoric ester groups is 1. The van der Waals surface area contributed by atoms with Gasteiger partial charge in [-0.05, 0) is 98.9 Å². The SMILES string of the molecule is CC12CCC(OC(=O)CCC(=O)NCCCCCC(=O)NCC=Cc3cn(C4CC(O)C(COP(=O)(O)OP(=O)(O)OP(=O)(O)O)O4)c(=O)[nH]c3=O)CC1CCC1C2CC(O)C2(C)C(C3=CC(=O)OC3)CCC12O. The predicted molar refractivity (Wildman–Crippen MR) is 255 cm³/mol. The molecule has 414 valence electrons. The molecule has 5 fully saturated rings. The van der Waals surface area contributed by atoms with Gasteiger partial charge in [0.2, 0.25) is 11.8 Å². The normalized spacial score (nSPS) is 34.4. The van der Waals surface area contributed by atoms with Gasteiger partial charge in [0.25, 0.3) is 5.56 Å². The Bertz CT molecular complexity index is 2620. The summed E-state index contributed by atoms with van der Waals surface area (Å²) < 4.78 is 63.8. The minimum Gasteiger partial charge on any atom is -0.462 e. The van der Waals surface area contributed by atoms with Crippen molar-refractivity contribution in [1.29, 1.82) is 0 Å². The molecule has 6 aliphatic rings. The molecule has 0 spiro atoms. The molecule has 4 saturated carbocycles. The number of H-pyrrole nitrogens is 1. The van der Waals surface area contributed by atoms with Crippen LogP contribution >= 0.6 is 23.5 Å². The first-order valence-electron chi connectivity index (χ1n) is 24.8. The number of carbonyl (C=O) groups is 4. The lowest BCUT2D eigenvalue weighted by Crippen LogP contribution is -2.67. The lowest BCUT2D eigenvalue weighted by atomic mass is 9.42. The number of nitrogens with one attached hydrogen (secondary N) is 3. The van der Waals surface area contributed by atoms with Gasteiger partial charge >= 0.3 is 41.1 Å². The molecule has 0 bridgehead atoms. The molecule has 1 aromatic heterocycles. The van der Waals surface area contributed by atoms with Crippen LogP contribution in [0.3, 0.4) is 0 Å². The molecule has 1 saturated heterocycles. The highest BCUT2D eigenvalue weighted by atomic mass is 31.3. The molecule has 7 rings (SSSR count). The largest absolute Gasteiger partial charge is 0.490 e. The van der Waals surface area contributed by atoms with Gasteiger partial charge in [0.05, 0.1) is 36.4 Å². The van der Waals surface area contributed by atoms with E-state index in [4.69, 9.17) is 24.0 Å². The number of nitrogens with zero attached hydrogens (tertiary/aromatic N) is 1. The second-order valence-corrected chi connectivity index (χ2v) is 25.1. The number of rotatable bonds is 22. The number of unbranched alkanes of at least 4 members (excludes halogenated alkanes) is 2. The van der Waals surface area contributed by atoms with Crippen LogP contribution in [0.15, 0.2) is 33.5 Å². The topological polar surface area (TPSA) is 395 Å². The summed E-state index contributed by atoms with van der Waals surface area (Å²) in [7, 11) is -16.9. The summed E-state index contributed by atoms with van der Waals surface area (Å²) in [6.45, 7) is 3.85. The Labute approximate surface area is 425 Å². The summed E-state index contributed by atoms with van der Waals surface area (Å²) >= 11 is 0. The maximum absolute atomic E-state index is 12.9. The molecular formula is C45H67N4O22P3. The molecule has 74 heavy (non-hydrogen) atoms. The van der Waals surface area contributed by atoms with Crippen LogP contribution < -0.4 is 21.9 Å². The summed E-state index contributed by atoms with van der Waals surface area (Å²) in [5.41, 5.74) is -2.92. The van der Waals surface area contributed by atoms with Crippen molar-refractivity contribution in [2.24, 2.45) is 34.5 Å². The summed E-state index contributed by atoms with van der Waals surface area (Å²) in [5.74, 6) is -1.16. The van der Waals surface area contributed by atoms with E-state index in [2.05, 4.69) is 35.7 Å². The maximum Gasteiger partial charge on any atom is 0.490 e. The van der Waals surface area contributed by atoms with Crippen molar-refractivity contribution >= 4 is 53.3 Å². The van der Waals surface area contributed by atoms with Crippen molar-refractivity contribution in [2.75, 3.05) is 26.3 Å². The quantitative estimate of drug-likeness (QED) is 0.0452. The number of hydrogen-bond donors (Lipinski definition) is 10. The van der Waals surface area contributed by atoms with Crippen molar-refractivity contribution < 1.29 is 95.1 Å². The highest BCUT2D eigenvalue weighted by molar-refractivity contribution is 7.66. The Morgan fingerprint density at radius 3 is 2.34 bits per heavy atom. The number of cyclic esters (lactones) is 1. The molecule has 2 amide bonds. The Morgan fingerprint density at radius 1 is 0.878 bits per heavy atom. The summed E-state index contributed by atoms with van der Waals surface area (Å²) in [4.78, 5) is 113. The number of ether oxygens (including phenoxy) is 3. The molecule has 14 unspecified atom stereocenters. The van der Waals surface area contributed by atoms with Crippen LogP contribution in [0.4, 0.5) is 0 Å². The van der Waals surface area contributed by atoms with Gasteiger partial charge in [-0.15, -0.1) is 0 Å². The van der Waals surface area contributed by atoms with Crippen molar-refractivity contribution in [3.8, 4) is 0 Å². The monoisotopic (exact) mass is 1110 g/mol. The van der Waals surface area contributed by atoms with E-state index in [-0.39, 0.29) is 97.4 Å². The van der Waals surface area contributed by atoms with Gasteiger partial charge in [0, 0.05) is 50.0 Å². The van der Waals surface area contributed by atoms with Crippen molar-refractivity contribution in [3.05, 3.63) is 50.3 Å². The lowest BCUT2D eigenvalue weighted by Gasteiger charge is -2.65. The van der Waals surface area contributed by atoms with Gasteiger partial charge in [0.1, 0.15) is 25.0 Å². The Balaban J connectivity index is 0.753. The molecular weight excluding hydrogens is 1040 g/mol. The zero-order valence-corrected chi connectivity index (χ0v) is 43.7. The Kier molecular flexibility index (Phi) is 18.1. The minimum absolute atomic E-state index is 0.00923. The van der Waals surface area contributed by atoms with E-state index in [9.17, 15) is 67.6 Å². The van der Waals surface area contributed by atoms with Crippen LogP contribution in [0.2, 0.25) is 0 Å². The van der Waals surface area contributed by atoms with E-state index in [1.54, 1.807) is 0 Å². The molecule has 14 atom stereocenters. The number of phosphoric acid groups is 3. The van der Waals surface area contributed by atoms with Crippen LogP contribution in [-0.4, -0.2) is 125 Å². The van der Waals surface area contributed by atoms with Crippen molar-refractivity contribution in [2.45, 2.75) is 146 Å². The van der Waals surface area contributed by atoms with E-state index in [1.165, 1.54) is 18.2 Å². The molecule has 29 heteroatoms. The third-order valence-electron chi connectivity index (χ3n) is 16.3. The summed E-state index contributed by atoms with van der Waals surface area (Å²) in [5, 5.41) is 40.2. The van der Waals surface area contributed by atoms with Crippen LogP contribution in [0.5, 0.6) is 0 Å². The fourth-order valence-corrected chi connectivity index (χ4v) is 15.6. The van der Waals surface area contributed by atoms with E-state index in [0.29, 0.717) is 57.9 Å². The van der Waals surface area contributed by atoms with Crippen molar-refractivity contribution in [1.82, 2.24) is 20.2 Å². The zero-order valence-electron chi connectivity index (χ0n) is 41.0. The molecule has 0 aromatic carbocycles. The molecule has 1 aromatic rings. The van der Waals surface area contributed by atoms with Gasteiger partial charge in [-0.2, -0.15) is 8.62 Å². The van der Waals surface area contributed by atoms with Gasteiger partial charge in [-0.3, -0.25) is 33.3 Å². The highest BCUT2D eigenvalue weighted by Gasteiger charge is 2.71. The van der Waals surface area contributed by atoms with E-state index >= 15 is 0 Å². The smallest absolute Gasteiger partial charge is 0.462 e. The first-order valence-corrected chi connectivity index (χ1v) is 29.3. The number of amides is 2. The molecule has 3 heterocycles. The van der Waals surface area contributed by atoms with Crippen LogP contribution in [0.25, 0.3) is 6.08 Å². The van der Waals surface area contributed by atoms with Gasteiger partial charge in [-0.1, -0.05) is 32.4 Å². The zero-order chi connectivity index (χ0) is 54.0. The first kappa shape index (κ1) is 58.0. The van der Waals surface area contributed by atoms with Crippen molar-refractivity contribution in [3.63, 3.8) is 0 Å². The summed E-state index contributed by atoms with van der Waals surface area (Å²) in [6, 6.07) is 0. The average Bonchev–Trinajstić information content (AvgIpc) is 3.98. The second-order valence-electron chi connectivity index (χ2n) is 20.7. The minimum atomic E-state index is -5.79. The molecule has 26 nitrogen and oxygen atoms in total. The molecule has 0 radical (unpaired) electrons. The number of aromatic nitrogens is 2. The lowest BCUT2D eigenvalue weighted by molar-refractivity contribution is -0.245. The summed E-state index contributed by atoms with van der Waals surface area (Å²) in [6.07, 6.45) is 7.40. The van der Waals surface area contributed by atoms with Gasteiger partial charge < -0.3 is 59.7 Å². The number of carbonyl (C=O) groups excluding carboxylic acids is 4. The Hall–Kier alpha value is -3.71.